The predicted molar refractivity (Wildman–Crippen MR) is 155 cm³/mol. The summed E-state index contributed by atoms with van der Waals surface area (Å²) in [6.45, 7) is 3.99. The Hall–Kier alpha value is -3.66. The molecule has 1 fully saturated rings. The molecule has 2 aliphatic rings. The molecule has 1 amide bonds. The summed E-state index contributed by atoms with van der Waals surface area (Å²) >= 11 is 0. The third-order valence-corrected chi connectivity index (χ3v) is 8.30. The molecule has 2 N–H and O–H groups in total. The number of alkyl halides is 2. The minimum atomic E-state index is -2.85. The maximum Gasteiger partial charge on any atom is 0.326 e. The Bertz CT molecular complexity index is 1440. The summed E-state index contributed by atoms with van der Waals surface area (Å²) in [4.78, 5) is 31.5. The minimum Gasteiger partial charge on any atom is -0.480 e. The van der Waals surface area contributed by atoms with Crippen molar-refractivity contribution in [3.8, 4) is 5.69 Å². The number of carboxylic acid groups (broad SMARTS) is 1. The number of fused-ring (bicyclic) bond motifs is 1. The van der Waals surface area contributed by atoms with E-state index in [4.69, 9.17) is 4.98 Å². The fourth-order valence-corrected chi connectivity index (χ4v) is 6.27. The number of nitrogens with zero attached hydrogens (tertiary/aromatic N) is 4. The van der Waals surface area contributed by atoms with Crippen LogP contribution in [0.4, 0.5) is 8.78 Å². The van der Waals surface area contributed by atoms with Gasteiger partial charge in [-0.3, -0.25) is 14.7 Å². The summed E-state index contributed by atoms with van der Waals surface area (Å²) in [6.07, 6.45) is 5.45. The second-order valence-electron chi connectivity index (χ2n) is 11.9. The summed E-state index contributed by atoms with van der Waals surface area (Å²) in [5, 5.41) is 16.8. The molecule has 224 valence electrons. The van der Waals surface area contributed by atoms with Gasteiger partial charge >= 0.3 is 5.97 Å². The number of benzene rings is 1. The highest BCUT2D eigenvalue weighted by molar-refractivity contribution is 5.97. The Kier molecular flexibility index (Phi) is 9.01. The molecule has 0 radical (unpaired) electrons. The van der Waals surface area contributed by atoms with Gasteiger partial charge in [-0.25, -0.2) is 18.3 Å². The molecular formula is C32H39F2N5O3. The topological polar surface area (TPSA) is 100 Å². The van der Waals surface area contributed by atoms with Crippen LogP contribution in [0.15, 0.2) is 42.5 Å². The highest BCUT2D eigenvalue weighted by atomic mass is 19.3. The Morgan fingerprint density at radius 2 is 1.95 bits per heavy atom. The van der Waals surface area contributed by atoms with E-state index in [1.165, 1.54) is 12.0 Å². The van der Waals surface area contributed by atoms with Crippen LogP contribution in [0, 0.1) is 19.8 Å². The Morgan fingerprint density at radius 3 is 2.71 bits per heavy atom. The highest BCUT2D eigenvalue weighted by Crippen LogP contribution is 2.33. The highest BCUT2D eigenvalue weighted by Gasteiger charge is 2.40. The fraction of sp³-hybridized carbons (Fsp3) is 0.500. The van der Waals surface area contributed by atoms with Crippen LogP contribution in [0.2, 0.25) is 0 Å². The number of hydrogen-bond acceptors (Lipinski definition) is 5. The second kappa shape index (κ2) is 12.7. The number of amides is 1. The zero-order valence-corrected chi connectivity index (χ0v) is 24.3. The summed E-state index contributed by atoms with van der Waals surface area (Å²) < 4.78 is 31.2. The first kappa shape index (κ1) is 29.8. The average Bonchev–Trinajstić information content (AvgIpc) is 3.30. The normalized spacial score (nSPS) is 19.2. The number of likely N-dealkylation sites (tertiary alicyclic amines) is 1. The summed E-state index contributed by atoms with van der Waals surface area (Å²) in [5.41, 5.74) is 6.13. The van der Waals surface area contributed by atoms with Gasteiger partial charge in [0, 0.05) is 42.2 Å². The van der Waals surface area contributed by atoms with Crippen molar-refractivity contribution in [3.63, 3.8) is 0 Å². The van der Waals surface area contributed by atoms with Crippen molar-refractivity contribution in [2.24, 2.45) is 5.92 Å². The van der Waals surface area contributed by atoms with Crippen LogP contribution in [0.25, 0.3) is 5.69 Å². The Labute approximate surface area is 245 Å². The predicted octanol–water partition coefficient (Wildman–Crippen LogP) is 4.93. The van der Waals surface area contributed by atoms with Crippen LogP contribution in [0.3, 0.4) is 0 Å². The summed E-state index contributed by atoms with van der Waals surface area (Å²) in [7, 11) is 0. The number of carboxylic acids is 1. The van der Waals surface area contributed by atoms with E-state index in [9.17, 15) is 23.5 Å². The van der Waals surface area contributed by atoms with Crippen LogP contribution in [0.1, 0.15) is 70.8 Å². The minimum absolute atomic E-state index is 0.0212. The lowest BCUT2D eigenvalue weighted by Crippen LogP contribution is -2.49. The van der Waals surface area contributed by atoms with Gasteiger partial charge in [-0.15, -0.1) is 0 Å². The average molecular weight is 580 g/mol. The van der Waals surface area contributed by atoms with Crippen molar-refractivity contribution in [2.75, 3.05) is 19.6 Å². The molecule has 3 aromatic rings. The van der Waals surface area contributed by atoms with Crippen LogP contribution in [-0.4, -0.2) is 68.2 Å². The summed E-state index contributed by atoms with van der Waals surface area (Å²) in [5.74, 6) is -4.80. The van der Waals surface area contributed by atoms with Gasteiger partial charge in [0.25, 0.3) is 11.8 Å². The van der Waals surface area contributed by atoms with Gasteiger partial charge in [-0.2, -0.15) is 5.10 Å². The maximum atomic E-state index is 14.7. The van der Waals surface area contributed by atoms with Crippen molar-refractivity contribution >= 4 is 11.9 Å². The zero-order valence-electron chi connectivity index (χ0n) is 24.3. The second-order valence-corrected chi connectivity index (χ2v) is 11.9. The van der Waals surface area contributed by atoms with Gasteiger partial charge in [0.1, 0.15) is 6.04 Å². The van der Waals surface area contributed by atoms with E-state index in [0.717, 1.165) is 42.0 Å². The number of carbonyl (C=O) groups excluding carboxylic acids is 1. The maximum absolute atomic E-state index is 14.7. The molecule has 1 aliphatic carbocycles. The van der Waals surface area contributed by atoms with Gasteiger partial charge in [-0.1, -0.05) is 12.1 Å². The number of pyridine rings is 1. The largest absolute Gasteiger partial charge is 0.480 e. The van der Waals surface area contributed by atoms with Gasteiger partial charge in [0.05, 0.1) is 17.9 Å². The molecule has 42 heavy (non-hydrogen) atoms. The monoisotopic (exact) mass is 579 g/mol. The smallest absolute Gasteiger partial charge is 0.326 e. The third kappa shape index (κ3) is 7.40. The van der Waals surface area contributed by atoms with Gasteiger partial charge in [-0.05, 0) is 101 Å². The molecule has 0 bridgehead atoms. The van der Waals surface area contributed by atoms with Crippen LogP contribution in [-0.2, 0) is 24.1 Å². The van der Waals surface area contributed by atoms with Crippen LogP contribution < -0.4 is 5.32 Å². The lowest BCUT2D eigenvalue weighted by molar-refractivity contribution is -0.139. The van der Waals surface area contributed by atoms with Gasteiger partial charge in [0.2, 0.25) is 0 Å². The third-order valence-electron chi connectivity index (χ3n) is 8.30. The molecule has 2 atom stereocenters. The molecule has 5 rings (SSSR count). The molecule has 1 aliphatic heterocycles. The molecule has 1 aromatic carbocycles. The number of aryl methyl sites for hydroxylation is 5. The van der Waals surface area contributed by atoms with E-state index in [0.29, 0.717) is 30.6 Å². The van der Waals surface area contributed by atoms with E-state index < -0.39 is 30.4 Å². The van der Waals surface area contributed by atoms with E-state index in [1.54, 1.807) is 27.8 Å². The van der Waals surface area contributed by atoms with E-state index >= 15 is 0 Å². The van der Waals surface area contributed by atoms with Crippen LogP contribution >= 0.6 is 0 Å². The number of rotatable bonds is 10. The molecule has 10 heteroatoms. The van der Waals surface area contributed by atoms with Crippen molar-refractivity contribution in [2.45, 2.75) is 77.2 Å². The van der Waals surface area contributed by atoms with Crippen molar-refractivity contribution in [3.05, 3.63) is 76.4 Å². The first-order valence-electron chi connectivity index (χ1n) is 14.8. The van der Waals surface area contributed by atoms with E-state index in [2.05, 4.69) is 16.5 Å². The first-order chi connectivity index (χ1) is 20.1. The number of piperidine rings is 1. The molecule has 0 spiro atoms. The number of hydrogen-bond donors (Lipinski definition) is 2. The Balaban J connectivity index is 1.18. The molecule has 1 saturated heterocycles. The fourth-order valence-electron chi connectivity index (χ4n) is 6.27. The Morgan fingerprint density at radius 1 is 1.14 bits per heavy atom. The number of aromatic nitrogens is 3. The lowest BCUT2D eigenvalue weighted by atomic mass is 9.89. The zero-order chi connectivity index (χ0) is 29.9. The standard InChI is InChI=1S/C32H39F2N5O3/c1-21-16-22(2)39(37-21)27-8-5-7-25(17-27)30(40)36-29(31(41)42)14-15-38-19-23(18-32(33,34)20-38)10-12-26-13-11-24-6-3-4-9-28(24)35-26/h5,7-8,11,13,16-17,23,29H,3-4,6,9-10,12,14-15,18-20H2,1-2H3,(H,36,40)(H,41,42)/t23?,29-/m0/s1. The number of aliphatic carboxylic acids is 1. The van der Waals surface area contributed by atoms with Gasteiger partial charge < -0.3 is 10.4 Å². The number of halogens is 2. The first-order valence-corrected chi connectivity index (χ1v) is 14.8. The van der Waals surface area contributed by atoms with E-state index in [1.807, 2.05) is 32.0 Å². The molecule has 8 nitrogen and oxygen atoms in total. The molecule has 3 heterocycles. The number of nitrogens with one attached hydrogen (secondary N) is 1. The van der Waals surface area contributed by atoms with Crippen molar-refractivity contribution < 1.29 is 23.5 Å². The summed E-state index contributed by atoms with van der Waals surface area (Å²) in [6, 6.07) is 11.7. The van der Waals surface area contributed by atoms with Gasteiger partial charge in [0.15, 0.2) is 0 Å². The SMILES string of the molecule is Cc1cc(C)n(-c2cccc(C(=O)N[C@@H](CCN3CC(CCc4ccc5c(n4)CCCC5)CC(F)(F)C3)C(=O)O)c2)n1. The molecule has 1 unspecified atom stereocenters. The van der Waals surface area contributed by atoms with E-state index in [-0.39, 0.29) is 25.3 Å². The molecule has 0 saturated carbocycles. The molecule has 2 aromatic heterocycles. The quantitative estimate of drug-likeness (QED) is 0.354. The number of carbonyl (C=O) groups is 2. The van der Waals surface area contributed by atoms with Crippen molar-refractivity contribution in [1.29, 1.82) is 0 Å². The van der Waals surface area contributed by atoms with Crippen molar-refractivity contribution in [1.82, 2.24) is 25.0 Å². The van der Waals surface area contributed by atoms with Crippen LogP contribution in [0.5, 0.6) is 0 Å². The lowest BCUT2D eigenvalue weighted by Gasteiger charge is -2.38. The molecular weight excluding hydrogens is 540 g/mol.